The van der Waals surface area contributed by atoms with Crippen molar-refractivity contribution < 1.29 is 38.9 Å². The molecular formula is C60H90N4O8. The van der Waals surface area contributed by atoms with E-state index in [1.54, 1.807) is 24.3 Å². The minimum absolute atomic E-state index is 0.212. The predicted molar refractivity (Wildman–Crippen MR) is 288 cm³/mol. The normalized spacial score (nSPS) is 12.7. The molecule has 4 aromatic rings. The summed E-state index contributed by atoms with van der Waals surface area (Å²) in [6, 6.07) is 16.2. The number of hydrogen-bond acceptors (Lipinski definition) is 10. The Balaban J connectivity index is 1.54. The highest BCUT2D eigenvalue weighted by Gasteiger charge is 2.27. The number of unbranched alkanes of at least 4 members (excludes halogenated alkanes) is 24. The first-order valence-electron chi connectivity index (χ1n) is 28.1. The zero-order chi connectivity index (χ0) is 51.8. The molecule has 0 aliphatic carbocycles. The highest BCUT2D eigenvalue weighted by molar-refractivity contribution is 5.99. The van der Waals surface area contributed by atoms with Gasteiger partial charge >= 0.3 is 5.97 Å². The van der Waals surface area contributed by atoms with Crippen molar-refractivity contribution in [3.8, 4) is 28.7 Å². The third kappa shape index (κ3) is 22.1. The van der Waals surface area contributed by atoms with Gasteiger partial charge in [-0.3, -0.25) is 25.2 Å². The fourth-order valence-electron chi connectivity index (χ4n) is 9.48. The first-order chi connectivity index (χ1) is 35.1. The Morgan fingerprint density at radius 3 is 1.18 bits per heavy atom. The number of nitrogens with zero attached hydrogens (tertiary/aromatic N) is 2. The molecule has 398 valence electrons. The van der Waals surface area contributed by atoms with Crippen LogP contribution in [0.1, 0.15) is 276 Å². The van der Waals surface area contributed by atoms with Crippen LogP contribution in [0, 0.1) is 0 Å². The maximum Gasteiger partial charge on any atom is 0.308 e. The lowest BCUT2D eigenvalue weighted by molar-refractivity contribution is -0.131. The van der Waals surface area contributed by atoms with E-state index in [1.165, 1.54) is 147 Å². The second kappa shape index (κ2) is 35.3. The van der Waals surface area contributed by atoms with E-state index in [-0.39, 0.29) is 22.9 Å². The number of aliphatic hydroxyl groups is 3. The van der Waals surface area contributed by atoms with Gasteiger partial charge < -0.3 is 24.5 Å². The van der Waals surface area contributed by atoms with Gasteiger partial charge in [-0.25, -0.2) is 0 Å². The molecule has 0 saturated heterocycles. The van der Waals surface area contributed by atoms with E-state index in [9.17, 15) is 29.7 Å². The Bertz CT molecular complexity index is 2070. The van der Waals surface area contributed by atoms with Gasteiger partial charge in [-0.1, -0.05) is 194 Å². The lowest BCUT2D eigenvalue weighted by Gasteiger charge is -2.26. The first-order valence-corrected chi connectivity index (χ1v) is 28.1. The van der Waals surface area contributed by atoms with Crippen molar-refractivity contribution in [1.82, 2.24) is 21.0 Å². The van der Waals surface area contributed by atoms with Crippen molar-refractivity contribution in [3.63, 3.8) is 0 Å². The fraction of sp³-hybridized carbons (Fsp3) is 0.617. The van der Waals surface area contributed by atoms with Crippen LogP contribution in [0.15, 0.2) is 65.1 Å². The molecule has 0 aliphatic heterocycles. The van der Waals surface area contributed by atoms with Gasteiger partial charge in [0, 0.05) is 29.2 Å². The van der Waals surface area contributed by atoms with Crippen LogP contribution in [-0.4, -0.2) is 43.3 Å². The number of carbonyl (C=O) groups is 3. The van der Waals surface area contributed by atoms with Gasteiger partial charge in [-0.2, -0.15) is 0 Å². The number of nitrogens with one attached hydrogen (secondary N) is 2. The third-order valence-electron chi connectivity index (χ3n) is 13.8. The molecule has 0 aliphatic rings. The summed E-state index contributed by atoms with van der Waals surface area (Å²) < 4.78 is 11.3. The molecule has 12 heteroatoms. The number of benzene rings is 3. The standard InChI is InChI=1S/C60H90N4O8/c1-5-8-11-14-17-20-23-26-29-32-53(66)51-43-49(44-52(54(67)33-30-27-24-21-18-15-12-9-6-2)56(51)55(68)34-31-28-25-22-19-16-13-10-7-3)60-64-63-59(72-60)48-37-35-46(36-38-48)57(69)61-62-58(70)47-39-41-50(42-40-47)71-45(4)65/h35-44,53-55,66-68H,5-34H2,1-4H3,(H,61,69)(H,62,70). The van der Waals surface area contributed by atoms with Gasteiger partial charge in [-0.15, -0.1) is 10.2 Å². The Morgan fingerprint density at radius 1 is 0.472 bits per heavy atom. The molecule has 1 heterocycles. The van der Waals surface area contributed by atoms with Gasteiger partial charge in [0.1, 0.15) is 5.75 Å². The molecule has 0 spiro atoms. The van der Waals surface area contributed by atoms with E-state index < -0.39 is 36.1 Å². The van der Waals surface area contributed by atoms with E-state index in [0.717, 1.165) is 57.8 Å². The number of carbonyl (C=O) groups excluding carboxylic acids is 3. The molecule has 12 nitrogen and oxygen atoms in total. The molecule has 0 radical (unpaired) electrons. The summed E-state index contributed by atoms with van der Waals surface area (Å²) in [7, 11) is 0. The molecule has 0 bridgehead atoms. The summed E-state index contributed by atoms with van der Waals surface area (Å²) in [5.74, 6) is -0.837. The number of aromatic nitrogens is 2. The zero-order valence-corrected chi connectivity index (χ0v) is 44.5. The SMILES string of the molecule is CCCCCCCCCCCC(O)c1cc(-c2nnc(-c3ccc(C(=O)NNC(=O)c4ccc(OC(C)=O)cc4)cc3)o2)cc(C(O)CCCCCCCCCCC)c1C(O)CCCCCCCCCCC. The number of amides is 2. The van der Waals surface area contributed by atoms with Crippen molar-refractivity contribution in [3.05, 3.63) is 88.5 Å². The molecule has 1 aromatic heterocycles. The van der Waals surface area contributed by atoms with Crippen molar-refractivity contribution in [2.75, 3.05) is 0 Å². The summed E-state index contributed by atoms with van der Waals surface area (Å²) in [6.07, 6.45) is 30.6. The number of hydrazine groups is 1. The van der Waals surface area contributed by atoms with Crippen LogP contribution in [0.25, 0.3) is 22.9 Å². The van der Waals surface area contributed by atoms with Crippen molar-refractivity contribution in [1.29, 1.82) is 0 Å². The molecule has 3 unspecified atom stereocenters. The van der Waals surface area contributed by atoms with Crippen molar-refractivity contribution >= 4 is 17.8 Å². The van der Waals surface area contributed by atoms with Gasteiger partial charge in [0.2, 0.25) is 11.8 Å². The summed E-state index contributed by atoms with van der Waals surface area (Å²) in [5, 5.41) is 45.1. The van der Waals surface area contributed by atoms with Crippen LogP contribution in [0.2, 0.25) is 0 Å². The molecule has 0 saturated carbocycles. The van der Waals surface area contributed by atoms with E-state index in [0.29, 0.717) is 52.8 Å². The number of esters is 1. The largest absolute Gasteiger partial charge is 0.427 e. The quantitative estimate of drug-likeness (QED) is 0.0125. The van der Waals surface area contributed by atoms with Crippen LogP contribution in [-0.2, 0) is 4.79 Å². The van der Waals surface area contributed by atoms with Crippen LogP contribution in [0.3, 0.4) is 0 Å². The molecule has 3 atom stereocenters. The summed E-state index contributed by atoms with van der Waals surface area (Å²) in [6.45, 7) is 8.00. The third-order valence-corrected chi connectivity index (χ3v) is 13.8. The van der Waals surface area contributed by atoms with Crippen molar-refractivity contribution in [2.45, 2.75) is 239 Å². The van der Waals surface area contributed by atoms with Crippen LogP contribution >= 0.6 is 0 Å². The van der Waals surface area contributed by atoms with Crippen LogP contribution in [0.5, 0.6) is 5.75 Å². The van der Waals surface area contributed by atoms with E-state index in [2.05, 4.69) is 41.8 Å². The smallest absolute Gasteiger partial charge is 0.308 e. The number of rotatable bonds is 38. The zero-order valence-electron chi connectivity index (χ0n) is 44.5. The number of hydrogen-bond donors (Lipinski definition) is 5. The predicted octanol–water partition coefficient (Wildman–Crippen LogP) is 15.3. The Hall–Kier alpha value is -4.91. The second-order valence-corrected chi connectivity index (χ2v) is 20.0. The lowest BCUT2D eigenvalue weighted by atomic mass is 9.84. The molecule has 72 heavy (non-hydrogen) atoms. The Labute approximate surface area is 431 Å². The van der Waals surface area contributed by atoms with E-state index >= 15 is 0 Å². The van der Waals surface area contributed by atoms with Crippen LogP contribution in [0.4, 0.5) is 0 Å². The summed E-state index contributed by atoms with van der Waals surface area (Å²) >= 11 is 0. The molecule has 3 aromatic carbocycles. The number of ether oxygens (including phenoxy) is 1. The Kier molecular flexibility index (Phi) is 29.2. The minimum atomic E-state index is -0.861. The Morgan fingerprint density at radius 2 is 0.806 bits per heavy atom. The molecule has 2 amide bonds. The van der Waals surface area contributed by atoms with Crippen LogP contribution < -0.4 is 15.6 Å². The molecule has 4 rings (SSSR count). The highest BCUT2D eigenvalue weighted by Crippen LogP contribution is 2.40. The number of aliphatic hydroxyl groups excluding tert-OH is 3. The van der Waals surface area contributed by atoms with Gasteiger partial charge in [0.15, 0.2) is 0 Å². The first kappa shape index (κ1) is 59.7. The van der Waals surface area contributed by atoms with E-state index in [1.807, 2.05) is 12.1 Å². The van der Waals surface area contributed by atoms with Crippen molar-refractivity contribution in [2.24, 2.45) is 0 Å². The lowest BCUT2D eigenvalue weighted by Crippen LogP contribution is -2.41. The van der Waals surface area contributed by atoms with Gasteiger partial charge in [-0.05, 0) is 96.6 Å². The highest BCUT2D eigenvalue weighted by atomic mass is 16.5. The molecular weight excluding hydrogens is 905 g/mol. The average molecular weight is 995 g/mol. The average Bonchev–Trinajstić information content (AvgIpc) is 3.89. The topological polar surface area (TPSA) is 184 Å². The summed E-state index contributed by atoms with van der Waals surface area (Å²) in [4.78, 5) is 36.9. The maximum absolute atomic E-state index is 13.0. The van der Waals surface area contributed by atoms with E-state index in [4.69, 9.17) is 9.15 Å². The molecule has 0 fully saturated rings. The molecule has 5 N–H and O–H groups in total. The summed E-state index contributed by atoms with van der Waals surface area (Å²) in [5.41, 5.74) is 8.33. The van der Waals surface area contributed by atoms with Gasteiger partial charge in [0.25, 0.3) is 11.8 Å². The second-order valence-electron chi connectivity index (χ2n) is 20.0. The fourth-order valence-corrected chi connectivity index (χ4v) is 9.48. The monoisotopic (exact) mass is 995 g/mol. The maximum atomic E-state index is 13.0. The van der Waals surface area contributed by atoms with Gasteiger partial charge in [0.05, 0.1) is 18.3 Å². The minimum Gasteiger partial charge on any atom is -0.427 e.